The molecule has 0 fully saturated rings. The van der Waals surface area contributed by atoms with Gasteiger partial charge in [-0.15, -0.1) is 0 Å². The minimum atomic E-state index is -4.21. The van der Waals surface area contributed by atoms with E-state index in [1.54, 1.807) is 63.2 Å². The lowest BCUT2D eigenvalue weighted by molar-refractivity contribution is 0.0405. The Morgan fingerprint density at radius 3 is 2.19 bits per heavy atom. The standard InChI is InChI=1S/C22H22BrNO6S/c1-22(2,3)30-21(26)24(31(27,28)19-13-11-18(23)12-14-19)15-7-8-16-29-20(25)17-9-5-4-6-10-17/h4-6,9-14H,15-16H2,1-3H3. The average Bonchev–Trinajstić information content (AvgIpc) is 2.69. The Labute approximate surface area is 190 Å². The fraction of sp³-hybridized carbons (Fsp3) is 0.273. The number of hydrogen-bond acceptors (Lipinski definition) is 6. The van der Waals surface area contributed by atoms with E-state index in [4.69, 9.17) is 9.47 Å². The van der Waals surface area contributed by atoms with Crippen LogP contribution in [0.4, 0.5) is 4.79 Å². The highest BCUT2D eigenvalue weighted by molar-refractivity contribution is 9.10. The summed E-state index contributed by atoms with van der Waals surface area (Å²) in [6.45, 7) is 4.17. The summed E-state index contributed by atoms with van der Waals surface area (Å²) < 4.78 is 37.5. The molecule has 0 aromatic heterocycles. The van der Waals surface area contributed by atoms with Crippen LogP contribution in [0.5, 0.6) is 0 Å². The number of sulfonamides is 1. The quantitative estimate of drug-likeness (QED) is 0.444. The number of halogens is 1. The Bertz CT molecular complexity index is 1080. The summed E-state index contributed by atoms with van der Waals surface area (Å²) in [6.07, 6.45) is -1.05. The Hall–Kier alpha value is -2.83. The Kier molecular flexibility index (Phi) is 8.25. The van der Waals surface area contributed by atoms with Gasteiger partial charge in [-0.05, 0) is 57.2 Å². The molecule has 1 amide bonds. The first-order valence-electron chi connectivity index (χ1n) is 9.20. The van der Waals surface area contributed by atoms with Gasteiger partial charge >= 0.3 is 12.1 Å². The van der Waals surface area contributed by atoms with Crippen LogP contribution < -0.4 is 0 Å². The van der Waals surface area contributed by atoms with E-state index in [9.17, 15) is 18.0 Å². The molecule has 0 aliphatic heterocycles. The molecule has 2 rings (SSSR count). The lowest BCUT2D eigenvalue weighted by Crippen LogP contribution is -2.41. The molecule has 164 valence electrons. The van der Waals surface area contributed by atoms with Crippen LogP contribution >= 0.6 is 15.9 Å². The highest BCUT2D eigenvalue weighted by atomic mass is 79.9. The van der Waals surface area contributed by atoms with E-state index in [0.29, 0.717) is 14.3 Å². The van der Waals surface area contributed by atoms with Crippen molar-refractivity contribution in [3.05, 3.63) is 64.6 Å². The van der Waals surface area contributed by atoms with Crippen molar-refractivity contribution in [2.75, 3.05) is 13.2 Å². The Morgan fingerprint density at radius 2 is 1.61 bits per heavy atom. The van der Waals surface area contributed by atoms with E-state index in [-0.39, 0.29) is 11.5 Å². The van der Waals surface area contributed by atoms with Crippen LogP contribution in [0.2, 0.25) is 0 Å². The molecule has 0 aliphatic carbocycles. The van der Waals surface area contributed by atoms with Crippen LogP contribution in [-0.4, -0.2) is 43.5 Å². The number of benzene rings is 2. The molecule has 0 unspecified atom stereocenters. The first-order chi connectivity index (χ1) is 14.5. The monoisotopic (exact) mass is 507 g/mol. The molecule has 0 saturated heterocycles. The molecule has 0 N–H and O–H groups in total. The van der Waals surface area contributed by atoms with Gasteiger partial charge in [0.15, 0.2) is 6.61 Å². The van der Waals surface area contributed by atoms with Crippen LogP contribution in [0.1, 0.15) is 31.1 Å². The van der Waals surface area contributed by atoms with Crippen LogP contribution in [-0.2, 0) is 19.5 Å². The second-order valence-electron chi connectivity index (χ2n) is 7.24. The van der Waals surface area contributed by atoms with E-state index < -0.39 is 34.2 Å². The Balaban J connectivity index is 2.15. The number of hydrogen-bond donors (Lipinski definition) is 0. The number of amides is 1. The fourth-order valence-corrected chi connectivity index (χ4v) is 3.70. The van der Waals surface area contributed by atoms with Crippen molar-refractivity contribution in [3.8, 4) is 11.8 Å². The zero-order valence-corrected chi connectivity index (χ0v) is 19.7. The van der Waals surface area contributed by atoms with Crippen molar-refractivity contribution in [2.24, 2.45) is 0 Å². The highest BCUT2D eigenvalue weighted by Gasteiger charge is 2.32. The van der Waals surface area contributed by atoms with Crippen LogP contribution in [0, 0.1) is 11.8 Å². The molecule has 0 heterocycles. The van der Waals surface area contributed by atoms with Gasteiger partial charge in [0.1, 0.15) is 12.1 Å². The molecular weight excluding hydrogens is 486 g/mol. The van der Waals surface area contributed by atoms with Crippen LogP contribution in [0.15, 0.2) is 64.0 Å². The summed E-state index contributed by atoms with van der Waals surface area (Å²) in [7, 11) is -4.21. The minimum absolute atomic E-state index is 0.0844. The topological polar surface area (TPSA) is 90.0 Å². The van der Waals surface area contributed by atoms with Gasteiger partial charge in [0.25, 0.3) is 10.0 Å². The summed E-state index contributed by atoms with van der Waals surface area (Å²) in [5.74, 6) is 4.55. The van der Waals surface area contributed by atoms with E-state index >= 15 is 0 Å². The van der Waals surface area contributed by atoms with E-state index in [1.807, 2.05) is 0 Å². The maximum Gasteiger partial charge on any atom is 0.425 e. The number of carbonyl (C=O) groups is 2. The van der Waals surface area contributed by atoms with Gasteiger partial charge in [-0.2, -0.15) is 4.31 Å². The smallest absolute Gasteiger partial charge is 0.425 e. The molecule has 0 radical (unpaired) electrons. The summed E-state index contributed by atoms with van der Waals surface area (Å²) in [6, 6.07) is 14.2. The maximum absolute atomic E-state index is 13.0. The van der Waals surface area contributed by atoms with Gasteiger partial charge in [0.2, 0.25) is 0 Å². The second kappa shape index (κ2) is 10.5. The predicted molar refractivity (Wildman–Crippen MR) is 119 cm³/mol. The molecular formula is C22H22BrNO6S. The van der Waals surface area contributed by atoms with Gasteiger partial charge in [0.05, 0.1) is 10.5 Å². The second-order valence-corrected chi connectivity index (χ2v) is 10.0. The molecule has 0 atom stereocenters. The van der Waals surface area contributed by atoms with Crippen molar-refractivity contribution >= 4 is 38.0 Å². The average molecular weight is 508 g/mol. The summed E-state index contributed by atoms with van der Waals surface area (Å²) in [5, 5.41) is 0. The number of esters is 1. The third-order valence-corrected chi connectivity index (χ3v) is 5.89. The highest BCUT2D eigenvalue weighted by Crippen LogP contribution is 2.21. The molecule has 0 aliphatic rings. The lowest BCUT2D eigenvalue weighted by atomic mass is 10.2. The SMILES string of the molecule is CC(C)(C)OC(=O)N(CC#CCOC(=O)c1ccccc1)S(=O)(=O)c1ccc(Br)cc1. The van der Waals surface area contributed by atoms with E-state index in [1.165, 1.54) is 12.1 Å². The third-order valence-electron chi connectivity index (χ3n) is 3.63. The van der Waals surface area contributed by atoms with Gasteiger partial charge in [0, 0.05) is 4.47 Å². The normalized spacial score (nSPS) is 11.1. The lowest BCUT2D eigenvalue weighted by Gasteiger charge is -2.25. The zero-order valence-electron chi connectivity index (χ0n) is 17.3. The molecule has 0 saturated carbocycles. The third kappa shape index (κ3) is 7.42. The molecule has 31 heavy (non-hydrogen) atoms. The van der Waals surface area contributed by atoms with Crippen LogP contribution in [0.3, 0.4) is 0 Å². The molecule has 0 spiro atoms. The summed E-state index contributed by atoms with van der Waals surface area (Å²) in [5.41, 5.74) is -0.527. The fourth-order valence-electron chi connectivity index (χ4n) is 2.23. The van der Waals surface area contributed by atoms with Crippen molar-refractivity contribution in [1.82, 2.24) is 4.31 Å². The van der Waals surface area contributed by atoms with Crippen molar-refractivity contribution in [1.29, 1.82) is 0 Å². The number of carbonyl (C=O) groups excluding carboxylic acids is 2. The first kappa shape index (κ1) is 24.4. The van der Waals surface area contributed by atoms with Gasteiger partial charge in [-0.25, -0.2) is 18.0 Å². The van der Waals surface area contributed by atoms with Gasteiger partial charge in [-0.3, -0.25) is 0 Å². The van der Waals surface area contributed by atoms with Gasteiger partial charge in [-0.1, -0.05) is 46.0 Å². The molecule has 9 heteroatoms. The van der Waals surface area contributed by atoms with Crippen LogP contribution in [0.25, 0.3) is 0 Å². The molecule has 7 nitrogen and oxygen atoms in total. The van der Waals surface area contributed by atoms with E-state index in [2.05, 4.69) is 27.8 Å². The number of nitrogens with zero attached hydrogens (tertiary/aromatic N) is 1. The van der Waals surface area contributed by atoms with Crippen molar-refractivity contribution in [3.63, 3.8) is 0 Å². The van der Waals surface area contributed by atoms with Gasteiger partial charge < -0.3 is 9.47 Å². The Morgan fingerprint density at radius 1 is 1.00 bits per heavy atom. The maximum atomic E-state index is 13.0. The summed E-state index contributed by atoms with van der Waals surface area (Å²) >= 11 is 3.24. The number of ether oxygens (including phenoxy) is 2. The van der Waals surface area contributed by atoms with Crippen molar-refractivity contribution in [2.45, 2.75) is 31.3 Å². The minimum Gasteiger partial charge on any atom is -0.449 e. The molecule has 2 aromatic carbocycles. The van der Waals surface area contributed by atoms with Crippen molar-refractivity contribution < 1.29 is 27.5 Å². The molecule has 0 bridgehead atoms. The summed E-state index contributed by atoms with van der Waals surface area (Å²) in [4.78, 5) is 24.4. The predicted octanol–water partition coefficient (Wildman–Crippen LogP) is 4.24. The zero-order chi connectivity index (χ0) is 23.1. The van der Waals surface area contributed by atoms with E-state index in [0.717, 1.165) is 0 Å². The number of rotatable bonds is 5. The largest absolute Gasteiger partial charge is 0.449 e. The molecule has 2 aromatic rings. The first-order valence-corrected chi connectivity index (χ1v) is 11.4.